The van der Waals surface area contributed by atoms with Crippen molar-refractivity contribution in [2.75, 3.05) is 18.0 Å². The van der Waals surface area contributed by atoms with E-state index in [1.807, 2.05) is 54.6 Å². The maximum absolute atomic E-state index is 14.6. The lowest BCUT2D eigenvalue weighted by Crippen LogP contribution is -2.54. The highest BCUT2D eigenvalue weighted by molar-refractivity contribution is 9.10. The lowest BCUT2D eigenvalue weighted by molar-refractivity contribution is -0.140. The molecule has 0 aliphatic heterocycles. The summed E-state index contributed by atoms with van der Waals surface area (Å²) in [7, 11) is -2.78. The molecule has 2 amide bonds. The number of benzene rings is 4. The van der Waals surface area contributed by atoms with E-state index in [1.165, 1.54) is 30.2 Å². The van der Waals surface area contributed by atoms with Crippen molar-refractivity contribution in [2.45, 2.75) is 55.6 Å². The molecule has 0 heterocycles. The van der Waals surface area contributed by atoms with E-state index in [9.17, 15) is 18.0 Å². The fourth-order valence-electron chi connectivity index (χ4n) is 5.81. The number of hydrogen-bond acceptors (Lipinski definition) is 5. The van der Waals surface area contributed by atoms with Crippen LogP contribution in [0.1, 0.15) is 36.8 Å². The zero-order valence-electron chi connectivity index (χ0n) is 26.0. The van der Waals surface area contributed by atoms with Gasteiger partial charge < -0.3 is 15.0 Å². The van der Waals surface area contributed by atoms with E-state index in [1.54, 1.807) is 30.3 Å². The molecule has 1 atom stereocenters. The lowest BCUT2D eigenvalue weighted by atomic mass is 10.0. The normalized spacial score (nSPS) is 13.9. The molecular weight excluding hydrogens is 702 g/mol. The van der Waals surface area contributed by atoms with Crippen LogP contribution in [-0.2, 0) is 32.6 Å². The van der Waals surface area contributed by atoms with Crippen molar-refractivity contribution in [1.82, 2.24) is 10.2 Å². The highest BCUT2D eigenvalue weighted by Crippen LogP contribution is 2.32. The highest BCUT2D eigenvalue weighted by atomic mass is 79.9. The van der Waals surface area contributed by atoms with Gasteiger partial charge in [-0.25, -0.2) is 8.42 Å². The Kier molecular flexibility index (Phi) is 11.6. The molecule has 4 aromatic carbocycles. The van der Waals surface area contributed by atoms with Crippen molar-refractivity contribution in [3.8, 4) is 5.75 Å². The minimum absolute atomic E-state index is 0.0121. The van der Waals surface area contributed by atoms with Gasteiger partial charge in [0.2, 0.25) is 11.8 Å². The van der Waals surface area contributed by atoms with Crippen LogP contribution in [0, 0.1) is 0 Å². The lowest BCUT2D eigenvalue weighted by Gasteiger charge is -2.34. The van der Waals surface area contributed by atoms with Gasteiger partial charge in [0.05, 0.1) is 22.7 Å². The number of hydrogen-bond donors (Lipinski definition) is 1. The molecule has 47 heavy (non-hydrogen) atoms. The van der Waals surface area contributed by atoms with E-state index in [0.29, 0.717) is 5.75 Å². The minimum atomic E-state index is -4.24. The van der Waals surface area contributed by atoms with Crippen molar-refractivity contribution in [2.24, 2.45) is 0 Å². The van der Waals surface area contributed by atoms with Crippen molar-refractivity contribution >= 4 is 55.1 Å². The van der Waals surface area contributed by atoms with Crippen LogP contribution in [0.4, 0.5) is 5.69 Å². The summed E-state index contributed by atoms with van der Waals surface area (Å²) in [5.74, 6) is -0.449. The van der Waals surface area contributed by atoms with Gasteiger partial charge in [0.1, 0.15) is 18.3 Å². The standard InChI is InChI=1S/C36H37BrClN3O5S/c1-46-34-20-19-30(23-32(34)38)41(47(44,45)31-17-6-3-7-18-31)25-35(42)40(24-27-13-10-14-28(37)21-27)33(22-26-11-4-2-5-12-26)36(43)39-29-15-8-9-16-29/h2-7,10-14,17-21,23,29,33H,8-9,15-16,22,24-25H2,1H3,(H,39,43)/t33-/m1/s1. The van der Waals surface area contributed by atoms with Gasteiger partial charge in [-0.05, 0) is 66.4 Å². The van der Waals surface area contributed by atoms with E-state index in [-0.39, 0.29) is 40.5 Å². The van der Waals surface area contributed by atoms with Gasteiger partial charge in [-0.15, -0.1) is 0 Å². The quantitative estimate of drug-likeness (QED) is 0.159. The van der Waals surface area contributed by atoms with Crippen LogP contribution in [0.3, 0.4) is 0 Å². The summed E-state index contributed by atoms with van der Waals surface area (Å²) in [4.78, 5) is 30.3. The molecule has 1 aliphatic rings. The number of carbonyl (C=O) groups excluding carboxylic acids is 2. The number of rotatable bonds is 13. The number of ether oxygens (including phenoxy) is 1. The second kappa shape index (κ2) is 15.8. The molecule has 0 aromatic heterocycles. The van der Waals surface area contributed by atoms with Crippen LogP contribution < -0.4 is 14.4 Å². The predicted octanol–water partition coefficient (Wildman–Crippen LogP) is 7.01. The molecule has 1 saturated carbocycles. The first-order valence-electron chi connectivity index (χ1n) is 15.5. The van der Waals surface area contributed by atoms with Crippen LogP contribution >= 0.6 is 27.5 Å². The van der Waals surface area contributed by atoms with Crippen molar-refractivity contribution in [3.63, 3.8) is 0 Å². The van der Waals surface area contributed by atoms with E-state index in [2.05, 4.69) is 21.2 Å². The summed E-state index contributed by atoms with van der Waals surface area (Å²) in [6.45, 7) is -0.494. The van der Waals surface area contributed by atoms with Crippen LogP contribution in [0.15, 0.2) is 112 Å². The molecule has 1 aliphatic carbocycles. The number of nitrogens with one attached hydrogen (secondary N) is 1. The molecule has 5 rings (SSSR count). The monoisotopic (exact) mass is 737 g/mol. The van der Waals surface area contributed by atoms with Crippen molar-refractivity contribution < 1.29 is 22.7 Å². The molecule has 1 fully saturated rings. The fourth-order valence-corrected chi connectivity index (χ4v) is 7.94. The molecule has 246 valence electrons. The number of amides is 2. The first-order chi connectivity index (χ1) is 22.7. The smallest absolute Gasteiger partial charge is 0.264 e. The first-order valence-corrected chi connectivity index (χ1v) is 18.1. The Bertz CT molecular complexity index is 1790. The maximum Gasteiger partial charge on any atom is 0.264 e. The highest BCUT2D eigenvalue weighted by Gasteiger charge is 2.35. The Labute approximate surface area is 289 Å². The van der Waals surface area contributed by atoms with Crippen molar-refractivity contribution in [3.05, 3.63) is 124 Å². The second-order valence-corrected chi connectivity index (χ2v) is 14.7. The molecule has 0 radical (unpaired) electrons. The van der Waals surface area contributed by atoms with Crippen LogP contribution in [0.2, 0.25) is 5.02 Å². The Morgan fingerprint density at radius 3 is 2.21 bits per heavy atom. The molecule has 8 nitrogen and oxygen atoms in total. The molecule has 0 bridgehead atoms. The number of sulfonamides is 1. The van der Waals surface area contributed by atoms with Gasteiger partial charge in [0, 0.05) is 23.5 Å². The Hall–Kier alpha value is -3.86. The zero-order chi connectivity index (χ0) is 33.4. The average Bonchev–Trinajstić information content (AvgIpc) is 3.59. The SMILES string of the molecule is COc1ccc(N(CC(=O)N(Cc2cccc(Br)c2)[C@H](Cc2ccccc2)C(=O)NC2CCCC2)S(=O)(=O)c2ccccc2)cc1Cl. The summed E-state index contributed by atoms with van der Waals surface area (Å²) < 4.78 is 35.5. The summed E-state index contributed by atoms with van der Waals surface area (Å²) in [5.41, 5.74) is 1.84. The molecule has 0 spiro atoms. The Balaban J connectivity index is 1.58. The van der Waals surface area contributed by atoms with Gasteiger partial charge >= 0.3 is 0 Å². The van der Waals surface area contributed by atoms with Crippen LogP contribution in [0.25, 0.3) is 0 Å². The third kappa shape index (κ3) is 8.74. The zero-order valence-corrected chi connectivity index (χ0v) is 29.2. The van der Waals surface area contributed by atoms with Gasteiger partial charge in [0.15, 0.2) is 0 Å². The second-order valence-electron chi connectivity index (χ2n) is 11.5. The van der Waals surface area contributed by atoms with E-state index in [4.69, 9.17) is 16.3 Å². The molecule has 0 saturated heterocycles. The Morgan fingerprint density at radius 1 is 0.915 bits per heavy atom. The number of halogens is 2. The van der Waals surface area contributed by atoms with Gasteiger partial charge in [-0.1, -0.05) is 101 Å². The summed E-state index contributed by atoms with van der Waals surface area (Å²) >= 11 is 9.97. The third-order valence-electron chi connectivity index (χ3n) is 8.25. The van der Waals surface area contributed by atoms with Crippen LogP contribution in [0.5, 0.6) is 5.75 Å². The predicted molar refractivity (Wildman–Crippen MR) is 188 cm³/mol. The van der Waals surface area contributed by atoms with Crippen LogP contribution in [-0.4, -0.2) is 50.9 Å². The molecule has 0 unspecified atom stereocenters. The first kappa shape index (κ1) is 34.5. The van der Waals surface area contributed by atoms with E-state index in [0.717, 1.165) is 45.6 Å². The minimum Gasteiger partial charge on any atom is -0.495 e. The largest absolute Gasteiger partial charge is 0.495 e. The third-order valence-corrected chi connectivity index (χ3v) is 10.8. The number of carbonyl (C=O) groups is 2. The van der Waals surface area contributed by atoms with Gasteiger partial charge in [-0.2, -0.15) is 0 Å². The summed E-state index contributed by atoms with van der Waals surface area (Å²) in [6, 6.07) is 28.6. The van der Waals surface area contributed by atoms with Gasteiger partial charge in [-0.3, -0.25) is 13.9 Å². The maximum atomic E-state index is 14.6. The fraction of sp³-hybridized carbons (Fsp3) is 0.278. The molecule has 4 aromatic rings. The topological polar surface area (TPSA) is 96.0 Å². The number of methoxy groups -OCH3 is 1. The summed E-state index contributed by atoms with van der Waals surface area (Å²) in [5, 5.41) is 3.38. The van der Waals surface area contributed by atoms with E-state index < -0.39 is 28.5 Å². The van der Waals surface area contributed by atoms with Crippen molar-refractivity contribution in [1.29, 1.82) is 0 Å². The van der Waals surface area contributed by atoms with Gasteiger partial charge in [0.25, 0.3) is 10.0 Å². The average molecular weight is 739 g/mol. The molecule has 1 N–H and O–H groups in total. The molecular formula is C36H37BrClN3O5S. The summed E-state index contributed by atoms with van der Waals surface area (Å²) in [6.07, 6.45) is 4.08. The molecule has 11 heteroatoms. The number of nitrogens with zero attached hydrogens (tertiary/aromatic N) is 2. The van der Waals surface area contributed by atoms with E-state index >= 15 is 0 Å². The number of anilines is 1. The Morgan fingerprint density at radius 2 is 1.57 bits per heavy atom.